The van der Waals surface area contributed by atoms with Gasteiger partial charge in [0.1, 0.15) is 0 Å². The van der Waals surface area contributed by atoms with Gasteiger partial charge in [-0.1, -0.05) is 0 Å². The molecule has 57 heavy (non-hydrogen) atoms. The molecule has 0 aliphatic heterocycles. The summed E-state index contributed by atoms with van der Waals surface area (Å²) in [5.74, 6) is 4.31. The lowest BCUT2D eigenvalue weighted by Gasteiger charge is -2.00. The van der Waals surface area contributed by atoms with Crippen LogP contribution in [0.5, 0.6) is 0 Å². The fourth-order valence-corrected chi connectivity index (χ4v) is 0.622. The van der Waals surface area contributed by atoms with Crippen LogP contribution in [0, 0.1) is 0 Å². The Labute approximate surface area is 291 Å². The average molecular weight is 911 g/mol. The predicted octanol–water partition coefficient (Wildman–Crippen LogP) is -4.19. The van der Waals surface area contributed by atoms with Gasteiger partial charge in [0.05, 0.1) is 7.11 Å². The lowest BCUT2D eigenvalue weighted by molar-refractivity contribution is -0.911. The van der Waals surface area contributed by atoms with Gasteiger partial charge in [0.2, 0.25) is 0 Å². The molecule has 0 rings (SSSR count). The van der Waals surface area contributed by atoms with Crippen LogP contribution >= 0.6 is 0 Å². The van der Waals surface area contributed by atoms with Crippen LogP contribution in [0.15, 0.2) is 0 Å². The van der Waals surface area contributed by atoms with Crippen molar-refractivity contribution in [2.45, 2.75) is 0 Å². The highest BCUT2D eigenvalue weighted by Crippen LogP contribution is 1.98. The van der Waals surface area contributed by atoms with Gasteiger partial charge in [-0.25, -0.2) is 4.89 Å². The van der Waals surface area contributed by atoms with E-state index in [1.165, 1.54) is 0 Å². The largest absolute Gasteiger partial charge is 0.207 e. The van der Waals surface area contributed by atoms with Gasteiger partial charge in [0.25, 0.3) is 0 Å². The number of hydrogen-bond acceptors (Lipinski definition) is 56. The van der Waals surface area contributed by atoms with Crippen molar-refractivity contribution in [3.05, 3.63) is 0 Å². The Morgan fingerprint density at radius 3 is 0.316 bits per heavy atom. The van der Waals surface area contributed by atoms with Gasteiger partial charge >= 0.3 is 0 Å². The standard InChI is InChI=1S/CH5NO55/c1-3-5-7-9-11-13-15-17-19-21-23-25-27-29-31-33-35-37-39-41-43-45-47-49-51-53-55-57-56-54-52-50-48-46-44-42-40-38-36-34-32-30-28-26-24-22-20-18-16-14-12-10-8-6-4-2/h2H2,1H3. The molecule has 56 nitrogen and oxygen atoms in total. The molecule has 0 saturated heterocycles. The smallest absolute Gasteiger partial charge is 0.0745 e. The Bertz CT molecular complexity index is 596. The lowest BCUT2D eigenvalue weighted by Crippen LogP contribution is -2.07. The quantitative estimate of drug-likeness (QED) is 0.0343. The van der Waals surface area contributed by atoms with Crippen molar-refractivity contribution >= 4 is 0 Å². The fraction of sp³-hybridized carbons (Fsp3) is 1.00. The summed E-state index contributed by atoms with van der Waals surface area (Å²) in [5, 5.41) is 186. The Morgan fingerprint density at radius 2 is 0.228 bits per heavy atom. The molecule has 0 aliphatic carbocycles. The SMILES string of the molecule is COOOOOOOOOOOOOOOOOOOOOOOOOOOOOOOOOOOOOOOOOOOOOOOOOOOOOOON. The summed E-state index contributed by atoms with van der Waals surface area (Å²) < 4.78 is 0. The summed E-state index contributed by atoms with van der Waals surface area (Å²) in [6.45, 7) is 0. The van der Waals surface area contributed by atoms with Crippen LogP contribution in [0.4, 0.5) is 0 Å². The third-order valence-electron chi connectivity index (χ3n) is 1.55. The zero-order chi connectivity index (χ0) is 40.9. The van der Waals surface area contributed by atoms with Crippen LogP contribution < -0.4 is 5.90 Å². The molecule has 0 spiro atoms. The van der Waals surface area contributed by atoms with E-state index in [1.54, 1.807) is 0 Å². The number of nitrogens with two attached hydrogens (primary N) is 1. The van der Waals surface area contributed by atoms with Crippen LogP contribution in [-0.4, -0.2) is 7.11 Å². The van der Waals surface area contributed by atoms with Crippen molar-refractivity contribution in [1.82, 2.24) is 0 Å². The Kier molecular flexibility index (Phi) is 51.6. The molecule has 0 aromatic heterocycles. The van der Waals surface area contributed by atoms with E-state index in [9.17, 15) is 0 Å². The van der Waals surface area contributed by atoms with E-state index in [2.05, 4.69) is 283 Å². The van der Waals surface area contributed by atoms with E-state index in [0.29, 0.717) is 0 Å². The molecule has 0 amide bonds. The fourth-order valence-electron chi connectivity index (χ4n) is 0.622. The summed E-state index contributed by atoms with van der Waals surface area (Å²) in [6.07, 6.45) is 0. The van der Waals surface area contributed by atoms with Gasteiger partial charge in [0.15, 0.2) is 0 Å². The minimum Gasteiger partial charge on any atom is -0.207 e. The normalized spacial score (nSPS) is 11.7. The molecule has 2 N–H and O–H groups in total. The van der Waals surface area contributed by atoms with Crippen molar-refractivity contribution < 1.29 is 277 Å². The molecular formula is CH5NO55. The maximum atomic E-state index is 4.31. The molecular weight excluding hydrogens is 906 g/mol. The molecule has 0 aliphatic rings. The minimum absolute atomic E-state index is 1.06. The summed E-state index contributed by atoms with van der Waals surface area (Å²) in [7, 11) is 1.06. The molecule has 0 unspecified atom stereocenters. The molecule has 56 heteroatoms. The highest BCUT2D eigenvalue weighted by atomic mass is 18.0. The second kappa shape index (κ2) is 53.8. The first-order chi connectivity index (χ1) is 28.4. The maximum absolute atomic E-state index is 4.31. The Balaban J connectivity index is 3.05. The van der Waals surface area contributed by atoms with E-state index in [4.69, 9.17) is 0 Å². The zero-order valence-electron chi connectivity index (χ0n) is 24.0. The van der Waals surface area contributed by atoms with Crippen LogP contribution in [0.3, 0.4) is 0 Å². The van der Waals surface area contributed by atoms with Gasteiger partial charge in [-0.05, 0) is 80.6 Å². The molecule has 0 aromatic carbocycles. The Hall–Kier alpha value is -2.24. The molecule has 0 atom stereocenters. The second-order valence-corrected chi connectivity index (χ2v) is 3.87. The molecule has 0 aromatic rings. The monoisotopic (exact) mass is 911 g/mol. The zero-order valence-corrected chi connectivity index (χ0v) is 24.0. The van der Waals surface area contributed by atoms with Gasteiger partial charge in [0, 0.05) is 186 Å². The van der Waals surface area contributed by atoms with Crippen LogP contribution in [0.25, 0.3) is 0 Å². The number of hydrogen-bond donors (Lipinski definition) is 1. The molecule has 0 bridgehead atoms. The first kappa shape index (κ1) is 54.8. The third kappa shape index (κ3) is 53.8. The van der Waals surface area contributed by atoms with Gasteiger partial charge in [-0.15, -0.1) is 4.99 Å². The molecule has 0 heterocycles. The first-order valence-electron chi connectivity index (χ1n) is 9.64. The summed E-state index contributed by atoms with van der Waals surface area (Å²) >= 11 is 0. The molecule has 0 saturated carbocycles. The van der Waals surface area contributed by atoms with Gasteiger partial charge < -0.3 is 0 Å². The second-order valence-electron chi connectivity index (χ2n) is 3.87. The average Bonchev–Trinajstić information content (AvgIpc) is 3.22. The highest BCUT2D eigenvalue weighted by molar-refractivity contribution is 3.36. The van der Waals surface area contributed by atoms with Crippen molar-refractivity contribution in [2.24, 2.45) is 5.90 Å². The van der Waals surface area contributed by atoms with E-state index in [-0.39, 0.29) is 0 Å². The minimum atomic E-state index is 1.06. The van der Waals surface area contributed by atoms with Gasteiger partial charge in [-0.3, -0.25) is 0 Å². The van der Waals surface area contributed by atoms with E-state index in [0.717, 1.165) is 7.11 Å². The van der Waals surface area contributed by atoms with Crippen LogP contribution in [-0.2, 0) is 277 Å². The highest BCUT2D eigenvalue weighted by Gasteiger charge is 2.04. The summed E-state index contributed by atoms with van der Waals surface area (Å²) in [4.78, 5) is 7.25. The van der Waals surface area contributed by atoms with Gasteiger partial charge in [-0.2, -0.15) is 5.90 Å². The van der Waals surface area contributed by atoms with Crippen molar-refractivity contribution in [1.29, 1.82) is 0 Å². The van der Waals surface area contributed by atoms with E-state index < -0.39 is 0 Å². The first-order valence-corrected chi connectivity index (χ1v) is 9.64. The van der Waals surface area contributed by atoms with Crippen molar-refractivity contribution in [3.8, 4) is 0 Å². The topological polar surface area (TPSA) is 534 Å². The van der Waals surface area contributed by atoms with Crippen molar-refractivity contribution in [3.63, 3.8) is 0 Å². The lowest BCUT2D eigenvalue weighted by atomic mass is 11.8. The Morgan fingerprint density at radius 1 is 0.140 bits per heavy atom. The number of rotatable bonds is 54. The van der Waals surface area contributed by atoms with E-state index in [1.807, 2.05) is 0 Å². The molecule has 0 radical (unpaired) electrons. The maximum Gasteiger partial charge on any atom is 0.0745 e. The summed E-state index contributed by atoms with van der Waals surface area (Å²) in [6, 6.07) is 0. The van der Waals surface area contributed by atoms with Crippen LogP contribution in [0.1, 0.15) is 0 Å². The van der Waals surface area contributed by atoms with Crippen molar-refractivity contribution in [2.75, 3.05) is 7.11 Å². The molecule has 344 valence electrons. The summed E-state index contributed by atoms with van der Waals surface area (Å²) in [5.41, 5.74) is 0. The van der Waals surface area contributed by atoms with Crippen LogP contribution in [0.2, 0.25) is 0 Å². The molecule has 0 fully saturated rings. The predicted molar refractivity (Wildman–Crippen MR) is 69.8 cm³/mol. The third-order valence-corrected chi connectivity index (χ3v) is 1.55. The van der Waals surface area contributed by atoms with E-state index >= 15 is 0 Å².